The molecule has 2 aromatic carbocycles. The van der Waals surface area contributed by atoms with Gasteiger partial charge in [-0.25, -0.2) is 9.97 Å². The molecule has 0 N–H and O–H groups in total. The number of benzene rings is 2. The van der Waals surface area contributed by atoms with Crippen LogP contribution in [0, 0.1) is 0 Å². The summed E-state index contributed by atoms with van der Waals surface area (Å²) in [6.07, 6.45) is -2.71. The lowest BCUT2D eigenvalue weighted by Gasteiger charge is -2.26. The monoisotopic (exact) mass is 373 g/mol. The number of fused-ring (bicyclic) bond motifs is 1. The van der Waals surface area contributed by atoms with E-state index in [9.17, 15) is 13.2 Å². The highest BCUT2D eigenvalue weighted by molar-refractivity contribution is 5.89. The molecule has 0 aliphatic heterocycles. The first kappa shape index (κ1) is 17.6. The number of anilines is 1. The average molecular weight is 373 g/mol. The van der Waals surface area contributed by atoms with E-state index < -0.39 is 12.0 Å². The maximum Gasteiger partial charge on any atom is 0.451 e. The van der Waals surface area contributed by atoms with Gasteiger partial charge < -0.3 is 9.64 Å². The molecular formula is C20H18F3N3O. The first-order valence-electron chi connectivity index (χ1n) is 8.69. The Balaban J connectivity index is 1.78. The molecule has 3 aromatic rings. The smallest absolute Gasteiger partial charge is 0.451 e. The fourth-order valence-corrected chi connectivity index (χ4v) is 3.10. The minimum atomic E-state index is -4.59. The second kappa shape index (κ2) is 6.72. The van der Waals surface area contributed by atoms with Crippen molar-refractivity contribution in [2.45, 2.75) is 31.6 Å². The first-order valence-corrected chi connectivity index (χ1v) is 8.69. The standard InChI is InChI=1S/C20H18F3N3O/c1-27-15-10-6-13(7-11-15)12-26(14-8-9-14)18-16-4-2-3-5-17(16)24-19(25-18)20(21,22)23/h2-7,10-11,14H,8-9,12H2,1H3. The maximum absolute atomic E-state index is 13.3. The van der Waals surface area contributed by atoms with Gasteiger partial charge in [-0.15, -0.1) is 0 Å². The third-order valence-electron chi connectivity index (χ3n) is 4.61. The molecule has 0 spiro atoms. The van der Waals surface area contributed by atoms with E-state index in [1.165, 1.54) is 0 Å². The minimum absolute atomic E-state index is 0.187. The van der Waals surface area contributed by atoms with Crippen molar-refractivity contribution in [3.8, 4) is 5.75 Å². The van der Waals surface area contributed by atoms with Crippen LogP contribution < -0.4 is 9.64 Å². The van der Waals surface area contributed by atoms with Crippen LogP contribution in [-0.2, 0) is 12.7 Å². The number of nitrogens with zero attached hydrogens (tertiary/aromatic N) is 3. The highest BCUT2D eigenvalue weighted by Crippen LogP contribution is 2.37. The molecule has 0 amide bonds. The quantitative estimate of drug-likeness (QED) is 0.642. The van der Waals surface area contributed by atoms with E-state index in [2.05, 4.69) is 9.97 Å². The molecule has 1 heterocycles. The Morgan fingerprint density at radius 1 is 1.04 bits per heavy atom. The molecule has 1 aliphatic rings. The highest BCUT2D eigenvalue weighted by atomic mass is 19.4. The third kappa shape index (κ3) is 3.67. The van der Waals surface area contributed by atoms with Crippen LogP contribution in [0.1, 0.15) is 24.2 Å². The Morgan fingerprint density at radius 2 is 1.74 bits per heavy atom. The molecule has 4 nitrogen and oxygen atoms in total. The zero-order valence-corrected chi connectivity index (χ0v) is 14.7. The second-order valence-corrected chi connectivity index (χ2v) is 6.59. The molecule has 0 unspecified atom stereocenters. The van der Waals surface area contributed by atoms with E-state index >= 15 is 0 Å². The van der Waals surface area contributed by atoms with Crippen LogP contribution in [0.2, 0.25) is 0 Å². The van der Waals surface area contributed by atoms with Crippen molar-refractivity contribution in [2.24, 2.45) is 0 Å². The van der Waals surface area contributed by atoms with Crippen molar-refractivity contribution < 1.29 is 17.9 Å². The van der Waals surface area contributed by atoms with Crippen molar-refractivity contribution in [1.82, 2.24) is 9.97 Å². The van der Waals surface area contributed by atoms with Crippen LogP contribution in [0.3, 0.4) is 0 Å². The van der Waals surface area contributed by atoms with Gasteiger partial charge in [-0.05, 0) is 42.7 Å². The number of hydrogen-bond acceptors (Lipinski definition) is 4. The number of methoxy groups -OCH3 is 1. The van der Waals surface area contributed by atoms with E-state index in [4.69, 9.17) is 4.74 Å². The van der Waals surface area contributed by atoms with Crippen LogP contribution in [0.4, 0.5) is 19.0 Å². The zero-order valence-electron chi connectivity index (χ0n) is 14.7. The number of halogens is 3. The molecule has 27 heavy (non-hydrogen) atoms. The first-order chi connectivity index (χ1) is 13.0. The summed E-state index contributed by atoms with van der Waals surface area (Å²) in [4.78, 5) is 9.61. The number of alkyl halides is 3. The van der Waals surface area contributed by atoms with Gasteiger partial charge in [0.25, 0.3) is 0 Å². The van der Waals surface area contributed by atoms with Gasteiger partial charge >= 0.3 is 6.18 Å². The van der Waals surface area contributed by atoms with Gasteiger partial charge in [-0.3, -0.25) is 0 Å². The molecule has 0 bridgehead atoms. The average Bonchev–Trinajstić information content (AvgIpc) is 3.50. The minimum Gasteiger partial charge on any atom is -0.497 e. The fraction of sp³-hybridized carbons (Fsp3) is 0.300. The molecule has 1 fully saturated rings. The Labute approximate surface area is 154 Å². The summed E-state index contributed by atoms with van der Waals surface area (Å²) in [6, 6.07) is 14.6. The summed E-state index contributed by atoms with van der Waals surface area (Å²) in [5.74, 6) is -0.0219. The molecule has 1 aliphatic carbocycles. The summed E-state index contributed by atoms with van der Waals surface area (Å²) in [7, 11) is 1.59. The molecule has 0 saturated heterocycles. The summed E-state index contributed by atoms with van der Waals surface area (Å²) >= 11 is 0. The predicted molar refractivity (Wildman–Crippen MR) is 96.7 cm³/mol. The van der Waals surface area contributed by atoms with Crippen molar-refractivity contribution in [2.75, 3.05) is 12.0 Å². The van der Waals surface area contributed by atoms with E-state index in [-0.39, 0.29) is 6.04 Å². The molecule has 1 saturated carbocycles. The topological polar surface area (TPSA) is 38.2 Å². The normalized spacial score (nSPS) is 14.4. The molecular weight excluding hydrogens is 355 g/mol. The second-order valence-electron chi connectivity index (χ2n) is 6.59. The Kier molecular flexibility index (Phi) is 4.37. The van der Waals surface area contributed by atoms with Crippen molar-refractivity contribution >= 4 is 16.7 Å². The lowest BCUT2D eigenvalue weighted by molar-refractivity contribution is -0.144. The number of ether oxygens (including phenoxy) is 1. The number of rotatable bonds is 5. The van der Waals surface area contributed by atoms with Crippen molar-refractivity contribution in [3.05, 3.63) is 59.9 Å². The summed E-state index contributed by atoms with van der Waals surface area (Å²) in [5.41, 5.74) is 1.29. The fourth-order valence-electron chi connectivity index (χ4n) is 3.10. The Hall–Kier alpha value is -2.83. The van der Waals surface area contributed by atoms with Crippen molar-refractivity contribution in [1.29, 1.82) is 0 Å². The van der Waals surface area contributed by atoms with Gasteiger partial charge in [0.2, 0.25) is 5.82 Å². The SMILES string of the molecule is COc1ccc(CN(c2nc(C(F)(F)F)nc3ccccc23)C2CC2)cc1. The summed E-state index contributed by atoms with van der Waals surface area (Å²) in [5, 5.41) is 0.630. The van der Waals surface area contributed by atoms with Crippen LogP contribution in [0.25, 0.3) is 10.9 Å². The van der Waals surface area contributed by atoms with E-state index in [1.807, 2.05) is 29.2 Å². The number of hydrogen-bond donors (Lipinski definition) is 0. The van der Waals surface area contributed by atoms with Crippen LogP contribution in [0.5, 0.6) is 5.75 Å². The molecule has 7 heteroatoms. The zero-order chi connectivity index (χ0) is 19.0. The van der Waals surface area contributed by atoms with Crippen molar-refractivity contribution in [3.63, 3.8) is 0 Å². The third-order valence-corrected chi connectivity index (χ3v) is 4.61. The van der Waals surface area contributed by atoms with Crippen LogP contribution in [-0.4, -0.2) is 23.1 Å². The largest absolute Gasteiger partial charge is 0.497 e. The molecule has 0 atom stereocenters. The van der Waals surface area contributed by atoms with E-state index in [0.717, 1.165) is 24.2 Å². The van der Waals surface area contributed by atoms with Gasteiger partial charge in [-0.2, -0.15) is 13.2 Å². The highest BCUT2D eigenvalue weighted by Gasteiger charge is 2.38. The van der Waals surface area contributed by atoms with Gasteiger partial charge in [0.15, 0.2) is 0 Å². The maximum atomic E-state index is 13.3. The van der Waals surface area contributed by atoms with Crippen LogP contribution >= 0.6 is 0 Å². The van der Waals surface area contributed by atoms with E-state index in [0.29, 0.717) is 23.3 Å². The summed E-state index contributed by atoms with van der Waals surface area (Å²) in [6.45, 7) is 0.479. The van der Waals surface area contributed by atoms with Gasteiger partial charge in [-0.1, -0.05) is 24.3 Å². The Morgan fingerprint density at radius 3 is 2.37 bits per heavy atom. The summed E-state index contributed by atoms with van der Waals surface area (Å²) < 4.78 is 45.2. The molecule has 140 valence electrons. The molecule has 1 aromatic heterocycles. The molecule has 0 radical (unpaired) electrons. The van der Waals surface area contributed by atoms with E-state index in [1.54, 1.807) is 31.4 Å². The lowest BCUT2D eigenvalue weighted by Crippen LogP contribution is -2.27. The van der Waals surface area contributed by atoms with Gasteiger partial charge in [0.1, 0.15) is 11.6 Å². The lowest BCUT2D eigenvalue weighted by atomic mass is 10.1. The van der Waals surface area contributed by atoms with Gasteiger partial charge in [0, 0.05) is 18.0 Å². The number of para-hydroxylation sites is 1. The van der Waals surface area contributed by atoms with Gasteiger partial charge in [0.05, 0.1) is 12.6 Å². The Bertz CT molecular complexity index is 953. The predicted octanol–water partition coefficient (Wildman–Crippen LogP) is 4.83. The number of aromatic nitrogens is 2. The molecule has 4 rings (SSSR count). The van der Waals surface area contributed by atoms with Crippen LogP contribution in [0.15, 0.2) is 48.5 Å².